The first-order valence-electron chi connectivity index (χ1n) is 5.48. The van der Waals surface area contributed by atoms with Crippen LogP contribution in [0.2, 0.25) is 0 Å². The van der Waals surface area contributed by atoms with Crippen LogP contribution in [0.25, 0.3) is 0 Å². The van der Waals surface area contributed by atoms with Crippen molar-refractivity contribution in [3.63, 3.8) is 0 Å². The third-order valence-electron chi connectivity index (χ3n) is 2.22. The van der Waals surface area contributed by atoms with Crippen molar-refractivity contribution < 1.29 is 14.3 Å². The highest BCUT2D eigenvalue weighted by molar-refractivity contribution is 9.10. The predicted molar refractivity (Wildman–Crippen MR) is 70.5 cm³/mol. The number of Topliss-reactive ketones (excluding diaryl/α,β-unsaturated/α-hetero) is 1. The van der Waals surface area contributed by atoms with E-state index in [0.717, 1.165) is 15.8 Å². The molecule has 1 rings (SSSR count). The summed E-state index contributed by atoms with van der Waals surface area (Å²) < 4.78 is 11.3. The number of benzene rings is 1. The van der Waals surface area contributed by atoms with Gasteiger partial charge in [0.25, 0.3) is 0 Å². The third kappa shape index (κ3) is 4.88. The maximum Gasteiger partial charge on any atom is 0.162 e. The van der Waals surface area contributed by atoms with Gasteiger partial charge in [0.2, 0.25) is 0 Å². The minimum absolute atomic E-state index is 0.0626. The zero-order chi connectivity index (χ0) is 12.8. The van der Waals surface area contributed by atoms with Gasteiger partial charge in [0.05, 0.1) is 13.2 Å². The second-order valence-electron chi connectivity index (χ2n) is 4.03. The van der Waals surface area contributed by atoms with E-state index < -0.39 is 0 Å². The quantitative estimate of drug-likeness (QED) is 0.810. The molecule has 4 heteroatoms. The molecule has 0 aliphatic heterocycles. The van der Waals surface area contributed by atoms with E-state index in [1.165, 1.54) is 0 Å². The standard InChI is InChI=1S/C13H17BrO3/c1-9(2)17-8-11(15)6-10-7-12(16-3)4-5-13(10)14/h4-5,7,9H,6,8H2,1-3H3. The lowest BCUT2D eigenvalue weighted by atomic mass is 10.1. The SMILES string of the molecule is COc1ccc(Br)c(CC(=O)COC(C)C)c1. The molecule has 0 N–H and O–H groups in total. The molecule has 0 aliphatic carbocycles. The van der Waals surface area contributed by atoms with Crippen molar-refractivity contribution in [2.45, 2.75) is 26.4 Å². The molecule has 0 heterocycles. The molecule has 0 saturated heterocycles. The van der Waals surface area contributed by atoms with Gasteiger partial charge in [-0.2, -0.15) is 0 Å². The molecule has 0 unspecified atom stereocenters. The van der Waals surface area contributed by atoms with Crippen LogP contribution in [-0.2, 0) is 16.0 Å². The van der Waals surface area contributed by atoms with Crippen LogP contribution in [0, 0.1) is 0 Å². The zero-order valence-electron chi connectivity index (χ0n) is 10.3. The minimum Gasteiger partial charge on any atom is -0.497 e. The summed E-state index contributed by atoms with van der Waals surface area (Å²) in [7, 11) is 1.61. The van der Waals surface area contributed by atoms with Crippen LogP contribution >= 0.6 is 15.9 Å². The summed E-state index contributed by atoms with van der Waals surface area (Å²) in [5, 5.41) is 0. The first-order chi connectivity index (χ1) is 8.02. The van der Waals surface area contributed by atoms with E-state index in [-0.39, 0.29) is 18.5 Å². The highest BCUT2D eigenvalue weighted by Gasteiger charge is 2.09. The summed E-state index contributed by atoms with van der Waals surface area (Å²) in [5.74, 6) is 0.813. The average Bonchev–Trinajstić information content (AvgIpc) is 2.29. The van der Waals surface area contributed by atoms with Gasteiger partial charge in [0.1, 0.15) is 12.4 Å². The normalized spacial score (nSPS) is 10.6. The monoisotopic (exact) mass is 300 g/mol. The number of ketones is 1. The molecule has 0 spiro atoms. The Morgan fingerprint density at radius 1 is 1.41 bits per heavy atom. The van der Waals surface area contributed by atoms with Crippen LogP contribution in [0.3, 0.4) is 0 Å². The number of carbonyl (C=O) groups excluding carboxylic acids is 1. The number of rotatable bonds is 6. The summed E-state index contributed by atoms with van der Waals surface area (Å²) in [6.45, 7) is 3.98. The molecule has 0 bridgehead atoms. The topological polar surface area (TPSA) is 35.5 Å². The fourth-order valence-electron chi connectivity index (χ4n) is 1.34. The average molecular weight is 301 g/mol. The van der Waals surface area contributed by atoms with Gasteiger partial charge in [-0.05, 0) is 37.6 Å². The van der Waals surface area contributed by atoms with Crippen LogP contribution in [0.4, 0.5) is 0 Å². The molecule has 0 fully saturated rings. The Morgan fingerprint density at radius 3 is 2.71 bits per heavy atom. The number of carbonyl (C=O) groups is 1. The summed E-state index contributed by atoms with van der Waals surface area (Å²) in [5.41, 5.74) is 0.918. The summed E-state index contributed by atoms with van der Waals surface area (Å²) >= 11 is 3.42. The van der Waals surface area contributed by atoms with E-state index in [4.69, 9.17) is 9.47 Å². The Labute approximate surface area is 110 Å². The van der Waals surface area contributed by atoms with E-state index in [9.17, 15) is 4.79 Å². The molecule has 0 radical (unpaired) electrons. The maximum atomic E-state index is 11.7. The number of ether oxygens (including phenoxy) is 2. The van der Waals surface area contributed by atoms with Crippen molar-refractivity contribution in [3.05, 3.63) is 28.2 Å². The van der Waals surface area contributed by atoms with Crippen molar-refractivity contribution in [2.24, 2.45) is 0 Å². The molecule has 0 atom stereocenters. The van der Waals surface area contributed by atoms with E-state index in [1.54, 1.807) is 7.11 Å². The van der Waals surface area contributed by atoms with E-state index in [0.29, 0.717) is 6.42 Å². The Balaban J connectivity index is 2.64. The molecule has 0 amide bonds. The smallest absolute Gasteiger partial charge is 0.162 e. The second-order valence-corrected chi connectivity index (χ2v) is 4.89. The summed E-state index contributed by atoms with van der Waals surface area (Å²) in [4.78, 5) is 11.7. The third-order valence-corrected chi connectivity index (χ3v) is 2.99. The lowest BCUT2D eigenvalue weighted by Gasteiger charge is -2.09. The van der Waals surface area contributed by atoms with Crippen LogP contribution in [0.15, 0.2) is 22.7 Å². The highest BCUT2D eigenvalue weighted by Crippen LogP contribution is 2.23. The fraction of sp³-hybridized carbons (Fsp3) is 0.462. The van der Waals surface area contributed by atoms with Crippen molar-refractivity contribution in [2.75, 3.05) is 13.7 Å². The highest BCUT2D eigenvalue weighted by atomic mass is 79.9. The van der Waals surface area contributed by atoms with Crippen molar-refractivity contribution in [1.29, 1.82) is 0 Å². The molecule has 0 aromatic heterocycles. The molecule has 0 saturated carbocycles. The van der Waals surface area contributed by atoms with Gasteiger partial charge in [0, 0.05) is 10.9 Å². The Bertz CT molecular complexity index is 388. The van der Waals surface area contributed by atoms with Gasteiger partial charge in [-0.15, -0.1) is 0 Å². The summed E-state index contributed by atoms with van der Waals surface area (Å²) in [6, 6.07) is 5.59. The number of halogens is 1. The first-order valence-corrected chi connectivity index (χ1v) is 6.28. The number of hydrogen-bond acceptors (Lipinski definition) is 3. The van der Waals surface area contributed by atoms with Gasteiger partial charge in [-0.25, -0.2) is 0 Å². The molecule has 0 aliphatic rings. The molecular weight excluding hydrogens is 284 g/mol. The summed E-state index contributed by atoms with van der Waals surface area (Å²) in [6.07, 6.45) is 0.428. The first kappa shape index (κ1) is 14.2. The second kappa shape index (κ2) is 6.77. The van der Waals surface area contributed by atoms with Gasteiger partial charge < -0.3 is 9.47 Å². The Kier molecular flexibility index (Phi) is 5.65. The van der Waals surface area contributed by atoms with E-state index in [1.807, 2.05) is 32.0 Å². The lowest BCUT2D eigenvalue weighted by molar-refractivity contribution is -0.124. The molecule has 3 nitrogen and oxygen atoms in total. The van der Waals surface area contributed by atoms with Crippen molar-refractivity contribution in [1.82, 2.24) is 0 Å². The zero-order valence-corrected chi connectivity index (χ0v) is 11.9. The molecule has 1 aromatic rings. The fourth-order valence-corrected chi connectivity index (χ4v) is 1.72. The largest absolute Gasteiger partial charge is 0.497 e. The van der Waals surface area contributed by atoms with Crippen LogP contribution in [0.1, 0.15) is 19.4 Å². The van der Waals surface area contributed by atoms with Crippen molar-refractivity contribution >= 4 is 21.7 Å². The van der Waals surface area contributed by atoms with E-state index in [2.05, 4.69) is 15.9 Å². The van der Waals surface area contributed by atoms with Crippen LogP contribution in [-0.4, -0.2) is 25.6 Å². The molecule has 94 valence electrons. The van der Waals surface area contributed by atoms with Crippen molar-refractivity contribution in [3.8, 4) is 5.75 Å². The number of hydrogen-bond donors (Lipinski definition) is 0. The maximum absolute atomic E-state index is 11.7. The van der Waals surface area contributed by atoms with Gasteiger partial charge in [0.15, 0.2) is 5.78 Å². The molecule has 1 aromatic carbocycles. The molecule has 17 heavy (non-hydrogen) atoms. The van der Waals surface area contributed by atoms with Gasteiger partial charge in [-0.3, -0.25) is 4.79 Å². The minimum atomic E-state index is 0.0626. The Hall–Kier alpha value is -0.870. The molecular formula is C13H17BrO3. The van der Waals surface area contributed by atoms with Crippen LogP contribution < -0.4 is 4.74 Å². The Morgan fingerprint density at radius 2 is 2.12 bits per heavy atom. The number of methoxy groups -OCH3 is 1. The van der Waals surface area contributed by atoms with Gasteiger partial charge >= 0.3 is 0 Å². The van der Waals surface area contributed by atoms with E-state index >= 15 is 0 Å². The van der Waals surface area contributed by atoms with Crippen LogP contribution in [0.5, 0.6) is 5.75 Å². The predicted octanol–water partition coefficient (Wildman–Crippen LogP) is 2.99. The lowest BCUT2D eigenvalue weighted by Crippen LogP contribution is -2.15. The van der Waals surface area contributed by atoms with Gasteiger partial charge in [-0.1, -0.05) is 15.9 Å².